The standard InChI is InChI=1S/C22H16BrF3N8O2S/c1-10-28-17-4-12(23)16(6-18(17)37-10)29-20-30-21(35)34(8-19-27-9-32(2)31-19)22(36)33(20)7-11-3-14(25)15(26)5-13(11)24/h3-6,9H,7-8H2,1-2H3,(H,29,30,35). The third-order valence-corrected chi connectivity index (χ3v) is 6.93. The van der Waals surface area contributed by atoms with Crippen LogP contribution in [0.4, 0.5) is 24.8 Å². The fourth-order valence-corrected chi connectivity index (χ4v) is 4.91. The molecule has 37 heavy (non-hydrogen) atoms. The van der Waals surface area contributed by atoms with E-state index in [4.69, 9.17) is 0 Å². The number of anilines is 2. The van der Waals surface area contributed by atoms with Crippen molar-refractivity contribution >= 4 is 49.1 Å². The molecule has 0 aliphatic rings. The van der Waals surface area contributed by atoms with E-state index in [0.717, 1.165) is 24.4 Å². The highest BCUT2D eigenvalue weighted by molar-refractivity contribution is 9.10. The van der Waals surface area contributed by atoms with E-state index in [-0.39, 0.29) is 23.9 Å². The lowest BCUT2D eigenvalue weighted by Gasteiger charge is -2.16. The summed E-state index contributed by atoms with van der Waals surface area (Å²) in [6.45, 7) is 1.01. The summed E-state index contributed by atoms with van der Waals surface area (Å²) >= 11 is 4.88. The highest BCUT2D eigenvalue weighted by atomic mass is 79.9. The van der Waals surface area contributed by atoms with E-state index in [1.807, 2.05) is 6.92 Å². The van der Waals surface area contributed by atoms with Crippen molar-refractivity contribution in [3.8, 4) is 0 Å². The maximum absolute atomic E-state index is 14.5. The SMILES string of the molecule is Cc1nc2cc(Br)c(Nc3nc(=O)n(Cc4ncn(C)n4)c(=O)n3Cc3cc(F)c(F)cc3F)cc2s1. The molecule has 0 amide bonds. The lowest BCUT2D eigenvalue weighted by molar-refractivity contribution is 0.485. The van der Waals surface area contributed by atoms with Crippen LogP contribution in [0.3, 0.4) is 0 Å². The Morgan fingerprint density at radius 3 is 2.49 bits per heavy atom. The lowest BCUT2D eigenvalue weighted by Crippen LogP contribution is -2.43. The second-order valence-electron chi connectivity index (χ2n) is 8.02. The van der Waals surface area contributed by atoms with Crippen molar-refractivity contribution in [3.63, 3.8) is 0 Å². The first kappa shape index (κ1) is 24.8. The highest BCUT2D eigenvalue weighted by Crippen LogP contribution is 2.33. The molecule has 0 unspecified atom stereocenters. The van der Waals surface area contributed by atoms with Crippen LogP contribution in [0.2, 0.25) is 0 Å². The average Bonchev–Trinajstić information content (AvgIpc) is 3.40. The highest BCUT2D eigenvalue weighted by Gasteiger charge is 2.19. The monoisotopic (exact) mass is 592 g/mol. The number of hydrogen-bond donors (Lipinski definition) is 1. The molecule has 0 aliphatic carbocycles. The summed E-state index contributed by atoms with van der Waals surface area (Å²) in [5.41, 5.74) is -0.921. The number of aromatic nitrogens is 7. The molecular formula is C22H16BrF3N8O2S. The van der Waals surface area contributed by atoms with Gasteiger partial charge in [-0.05, 0) is 41.1 Å². The Balaban J connectivity index is 1.64. The molecule has 15 heteroatoms. The van der Waals surface area contributed by atoms with Crippen LogP contribution in [0.25, 0.3) is 10.2 Å². The van der Waals surface area contributed by atoms with Gasteiger partial charge in [-0.15, -0.1) is 11.3 Å². The van der Waals surface area contributed by atoms with E-state index in [1.54, 1.807) is 19.2 Å². The van der Waals surface area contributed by atoms with Crippen molar-refractivity contribution in [2.45, 2.75) is 20.0 Å². The largest absolute Gasteiger partial charge is 0.355 e. The molecule has 10 nitrogen and oxygen atoms in total. The molecule has 0 spiro atoms. The van der Waals surface area contributed by atoms with E-state index in [1.165, 1.54) is 22.3 Å². The van der Waals surface area contributed by atoms with E-state index < -0.39 is 35.4 Å². The molecule has 0 saturated carbocycles. The van der Waals surface area contributed by atoms with Gasteiger partial charge in [-0.1, -0.05) is 0 Å². The van der Waals surface area contributed by atoms with E-state index >= 15 is 0 Å². The first-order valence-corrected chi connectivity index (χ1v) is 12.2. The second kappa shape index (κ2) is 9.55. The van der Waals surface area contributed by atoms with Gasteiger partial charge in [0.1, 0.15) is 12.1 Å². The molecule has 5 rings (SSSR count). The van der Waals surface area contributed by atoms with E-state index in [0.29, 0.717) is 22.3 Å². The summed E-state index contributed by atoms with van der Waals surface area (Å²) in [6, 6.07) is 4.55. The number of hydrogen-bond acceptors (Lipinski definition) is 8. The van der Waals surface area contributed by atoms with Gasteiger partial charge >= 0.3 is 11.4 Å². The quantitative estimate of drug-likeness (QED) is 0.300. The molecule has 5 aromatic rings. The number of thiazole rings is 1. The Labute approximate surface area is 218 Å². The molecule has 0 radical (unpaired) electrons. The van der Waals surface area contributed by atoms with Crippen molar-refractivity contribution in [3.05, 3.63) is 89.9 Å². The Morgan fingerprint density at radius 1 is 1.00 bits per heavy atom. The predicted octanol–water partition coefficient (Wildman–Crippen LogP) is 3.47. The Morgan fingerprint density at radius 2 is 1.76 bits per heavy atom. The minimum Gasteiger partial charge on any atom is -0.324 e. The molecule has 0 saturated heterocycles. The second-order valence-corrected chi connectivity index (χ2v) is 10.1. The third-order valence-electron chi connectivity index (χ3n) is 5.34. The van der Waals surface area contributed by atoms with Crippen molar-refractivity contribution in [1.29, 1.82) is 0 Å². The topological polar surface area (TPSA) is 113 Å². The summed E-state index contributed by atoms with van der Waals surface area (Å²) in [7, 11) is 1.62. The van der Waals surface area contributed by atoms with Crippen molar-refractivity contribution < 1.29 is 13.2 Å². The van der Waals surface area contributed by atoms with Gasteiger partial charge in [0.2, 0.25) is 5.95 Å². The first-order chi connectivity index (χ1) is 17.6. The summed E-state index contributed by atoms with van der Waals surface area (Å²) in [4.78, 5) is 38.7. The molecule has 190 valence electrons. The van der Waals surface area contributed by atoms with Gasteiger partial charge in [-0.3, -0.25) is 9.25 Å². The van der Waals surface area contributed by atoms with Crippen molar-refractivity contribution in [1.82, 2.24) is 33.9 Å². The average molecular weight is 593 g/mol. The van der Waals surface area contributed by atoms with Crippen LogP contribution in [0, 0.1) is 24.4 Å². The summed E-state index contributed by atoms with van der Waals surface area (Å²) in [5, 5.41) is 7.83. The van der Waals surface area contributed by atoms with Gasteiger partial charge in [0.05, 0.1) is 34.0 Å². The summed E-state index contributed by atoms with van der Waals surface area (Å²) < 4.78 is 46.4. The maximum atomic E-state index is 14.5. The Kier molecular flexibility index (Phi) is 6.41. The molecule has 2 aromatic carbocycles. The maximum Gasteiger partial charge on any atom is 0.355 e. The molecule has 0 fully saturated rings. The Hall–Kier alpha value is -3.85. The third kappa shape index (κ3) is 4.91. The molecule has 1 N–H and O–H groups in total. The molecule has 0 aliphatic heterocycles. The van der Waals surface area contributed by atoms with Gasteiger partial charge in [-0.25, -0.2) is 37.3 Å². The van der Waals surface area contributed by atoms with Crippen LogP contribution in [0.1, 0.15) is 16.4 Å². The minimum absolute atomic E-state index is 0.170. The van der Waals surface area contributed by atoms with Crippen molar-refractivity contribution in [2.75, 3.05) is 5.32 Å². The zero-order valence-corrected chi connectivity index (χ0v) is 21.6. The number of aryl methyl sites for hydroxylation is 2. The van der Waals surface area contributed by atoms with Crippen LogP contribution in [-0.4, -0.2) is 33.9 Å². The number of nitrogens with zero attached hydrogens (tertiary/aromatic N) is 7. The molecule has 3 heterocycles. The molecule has 0 atom stereocenters. The zero-order valence-electron chi connectivity index (χ0n) is 19.2. The van der Waals surface area contributed by atoms with E-state index in [9.17, 15) is 22.8 Å². The molecular weight excluding hydrogens is 577 g/mol. The van der Waals surface area contributed by atoms with Crippen molar-refractivity contribution in [2.24, 2.45) is 7.05 Å². The van der Waals surface area contributed by atoms with Gasteiger partial charge < -0.3 is 5.32 Å². The number of rotatable bonds is 6. The first-order valence-electron chi connectivity index (χ1n) is 10.6. The normalized spacial score (nSPS) is 11.4. The number of halogens is 4. The van der Waals surface area contributed by atoms with E-state index in [2.05, 4.69) is 41.3 Å². The fraction of sp³-hybridized carbons (Fsp3) is 0.182. The van der Waals surface area contributed by atoms with Gasteiger partial charge in [0.15, 0.2) is 17.5 Å². The summed E-state index contributed by atoms with van der Waals surface area (Å²) in [6.07, 6.45) is 1.40. The smallest absolute Gasteiger partial charge is 0.324 e. The zero-order chi connectivity index (χ0) is 26.4. The van der Waals surface area contributed by atoms with Gasteiger partial charge in [-0.2, -0.15) is 10.1 Å². The minimum atomic E-state index is -1.37. The van der Waals surface area contributed by atoms with Gasteiger partial charge in [0, 0.05) is 23.2 Å². The lowest BCUT2D eigenvalue weighted by atomic mass is 10.2. The van der Waals surface area contributed by atoms with Crippen LogP contribution in [0.5, 0.6) is 0 Å². The number of fused-ring (bicyclic) bond motifs is 1. The predicted molar refractivity (Wildman–Crippen MR) is 134 cm³/mol. The van der Waals surface area contributed by atoms with Crippen LogP contribution in [-0.2, 0) is 20.1 Å². The van der Waals surface area contributed by atoms with Crippen LogP contribution < -0.4 is 16.7 Å². The molecule has 3 aromatic heterocycles. The number of benzene rings is 2. The number of nitrogens with one attached hydrogen (secondary N) is 1. The molecule has 0 bridgehead atoms. The Bertz CT molecular complexity index is 1800. The summed E-state index contributed by atoms with van der Waals surface area (Å²) in [5.74, 6) is -3.78. The van der Waals surface area contributed by atoms with Crippen LogP contribution in [0.15, 0.2) is 44.7 Å². The van der Waals surface area contributed by atoms with Crippen LogP contribution >= 0.6 is 27.3 Å². The van der Waals surface area contributed by atoms with Gasteiger partial charge in [0.25, 0.3) is 0 Å². The fourth-order valence-electron chi connectivity index (χ4n) is 3.64.